The number of anilines is 2. The summed E-state index contributed by atoms with van der Waals surface area (Å²) < 4.78 is 30.5. The Morgan fingerprint density at radius 2 is 1.72 bits per heavy atom. The third-order valence-corrected chi connectivity index (χ3v) is 6.76. The number of rotatable bonds is 7. The largest absolute Gasteiger partial charge is 0.379 e. The molecular formula is C24H29F2N3O2S. The minimum absolute atomic E-state index is 0.0304. The van der Waals surface area contributed by atoms with E-state index < -0.39 is 5.76 Å². The van der Waals surface area contributed by atoms with Crippen LogP contribution in [0.15, 0.2) is 53.4 Å². The number of thioether (sulfide) groups is 1. The third kappa shape index (κ3) is 6.21. The molecule has 0 radical (unpaired) electrons. The second kappa shape index (κ2) is 11.1. The highest BCUT2D eigenvalue weighted by atomic mass is 32.2. The fraction of sp³-hybridized carbons (Fsp3) is 0.458. The van der Waals surface area contributed by atoms with Gasteiger partial charge in [-0.15, -0.1) is 0 Å². The molecule has 4 rings (SSSR count). The van der Waals surface area contributed by atoms with Crippen LogP contribution in [0.3, 0.4) is 0 Å². The van der Waals surface area contributed by atoms with Crippen LogP contribution >= 0.6 is 11.8 Å². The van der Waals surface area contributed by atoms with E-state index in [4.69, 9.17) is 4.74 Å². The van der Waals surface area contributed by atoms with Crippen molar-refractivity contribution < 1.29 is 18.3 Å². The summed E-state index contributed by atoms with van der Waals surface area (Å²) in [7, 11) is 0. The number of alkyl halides is 2. The Balaban J connectivity index is 1.35. The molecule has 8 heteroatoms. The second-order valence-corrected chi connectivity index (χ2v) is 9.29. The van der Waals surface area contributed by atoms with E-state index in [0.29, 0.717) is 28.1 Å². The molecule has 2 aliphatic rings. The van der Waals surface area contributed by atoms with Crippen LogP contribution in [0.25, 0.3) is 0 Å². The number of likely N-dealkylation sites (tertiary alicyclic amines) is 1. The van der Waals surface area contributed by atoms with Crippen LogP contribution in [-0.4, -0.2) is 67.4 Å². The molecule has 0 aromatic heterocycles. The zero-order valence-corrected chi connectivity index (χ0v) is 18.8. The highest BCUT2D eigenvalue weighted by Gasteiger charge is 2.26. The molecule has 2 aromatic carbocycles. The number of nitrogens with zero attached hydrogens (tertiary/aromatic N) is 2. The SMILES string of the molecule is O=C(c1ccccc1Nc1ccc(SC(F)F)cc1)N1CCC(CN2CCOCC2)CC1. The number of hydrogen-bond donors (Lipinski definition) is 1. The van der Waals surface area contributed by atoms with Crippen molar-refractivity contribution in [2.24, 2.45) is 5.92 Å². The Bertz CT molecular complexity index is 883. The number of ether oxygens (including phenoxy) is 1. The van der Waals surface area contributed by atoms with Gasteiger partial charge in [0.2, 0.25) is 0 Å². The molecule has 2 aromatic rings. The van der Waals surface area contributed by atoms with E-state index in [1.54, 1.807) is 24.3 Å². The standard InChI is InChI=1S/C24H29F2N3O2S/c25-24(26)32-20-7-5-19(6-8-20)27-22-4-2-1-3-21(22)23(30)29-11-9-18(10-12-29)17-28-13-15-31-16-14-28/h1-8,18,24,27H,9-17H2. The van der Waals surface area contributed by atoms with Crippen LogP contribution in [0.1, 0.15) is 23.2 Å². The number of halogens is 2. The molecule has 2 heterocycles. The maximum atomic E-state index is 13.3. The monoisotopic (exact) mass is 461 g/mol. The number of piperidine rings is 1. The van der Waals surface area contributed by atoms with Gasteiger partial charge < -0.3 is 15.0 Å². The third-order valence-electron chi connectivity index (χ3n) is 6.04. The van der Waals surface area contributed by atoms with Gasteiger partial charge in [-0.3, -0.25) is 9.69 Å². The number of morpholine rings is 1. The number of para-hydroxylation sites is 1. The Labute approximate surface area is 192 Å². The Hall–Kier alpha value is -2.16. The van der Waals surface area contributed by atoms with Crippen molar-refractivity contribution in [3.05, 3.63) is 54.1 Å². The average Bonchev–Trinajstić information content (AvgIpc) is 2.81. The summed E-state index contributed by atoms with van der Waals surface area (Å²) in [5.41, 5.74) is 2.11. The molecule has 0 aliphatic carbocycles. The van der Waals surface area contributed by atoms with Gasteiger partial charge in [-0.05, 0) is 55.2 Å². The lowest BCUT2D eigenvalue weighted by Gasteiger charge is -2.36. The molecule has 1 amide bonds. The lowest BCUT2D eigenvalue weighted by Crippen LogP contribution is -2.44. The number of amides is 1. The summed E-state index contributed by atoms with van der Waals surface area (Å²) in [6.45, 7) is 6.25. The number of hydrogen-bond acceptors (Lipinski definition) is 5. The zero-order valence-electron chi connectivity index (χ0n) is 18.0. The molecule has 2 saturated heterocycles. The first-order valence-corrected chi connectivity index (χ1v) is 12.0. The van der Waals surface area contributed by atoms with Crippen molar-refractivity contribution in [2.45, 2.75) is 23.5 Å². The normalized spacial score (nSPS) is 18.2. The molecule has 5 nitrogen and oxygen atoms in total. The van der Waals surface area contributed by atoms with E-state index in [9.17, 15) is 13.6 Å². The van der Waals surface area contributed by atoms with Gasteiger partial charge in [-0.2, -0.15) is 8.78 Å². The summed E-state index contributed by atoms with van der Waals surface area (Å²) in [6.07, 6.45) is 2.03. The van der Waals surface area contributed by atoms with Crippen LogP contribution in [0.4, 0.5) is 20.2 Å². The highest BCUT2D eigenvalue weighted by Crippen LogP contribution is 2.29. The Morgan fingerprint density at radius 3 is 2.41 bits per heavy atom. The topological polar surface area (TPSA) is 44.8 Å². The predicted molar refractivity (Wildman–Crippen MR) is 124 cm³/mol. The first-order chi connectivity index (χ1) is 15.6. The highest BCUT2D eigenvalue weighted by molar-refractivity contribution is 7.99. The van der Waals surface area contributed by atoms with Gasteiger partial charge in [0.05, 0.1) is 24.5 Å². The van der Waals surface area contributed by atoms with Gasteiger partial charge in [0, 0.05) is 43.3 Å². The molecule has 0 unspecified atom stereocenters. The van der Waals surface area contributed by atoms with E-state index >= 15 is 0 Å². The lowest BCUT2D eigenvalue weighted by atomic mass is 9.95. The molecule has 1 N–H and O–H groups in total. The number of carbonyl (C=O) groups excluding carboxylic acids is 1. The Morgan fingerprint density at radius 1 is 1.03 bits per heavy atom. The van der Waals surface area contributed by atoms with E-state index in [1.165, 1.54) is 0 Å². The first kappa shape index (κ1) is 23.0. The van der Waals surface area contributed by atoms with Crippen LogP contribution < -0.4 is 5.32 Å². The van der Waals surface area contributed by atoms with E-state index in [1.807, 2.05) is 29.2 Å². The van der Waals surface area contributed by atoms with Crippen molar-refractivity contribution in [1.29, 1.82) is 0 Å². The smallest absolute Gasteiger partial charge is 0.288 e. The summed E-state index contributed by atoms with van der Waals surface area (Å²) in [5.74, 6) is -1.79. The molecule has 172 valence electrons. The molecule has 0 atom stereocenters. The van der Waals surface area contributed by atoms with Gasteiger partial charge in [0.25, 0.3) is 11.7 Å². The number of nitrogens with one attached hydrogen (secondary N) is 1. The van der Waals surface area contributed by atoms with Crippen molar-refractivity contribution in [3.8, 4) is 0 Å². The fourth-order valence-corrected chi connectivity index (χ4v) is 4.79. The van der Waals surface area contributed by atoms with Crippen molar-refractivity contribution in [3.63, 3.8) is 0 Å². The fourth-order valence-electron chi connectivity index (χ4n) is 4.29. The maximum Gasteiger partial charge on any atom is 0.288 e. The van der Waals surface area contributed by atoms with Gasteiger partial charge >= 0.3 is 0 Å². The number of benzene rings is 2. The van der Waals surface area contributed by atoms with Crippen molar-refractivity contribution >= 4 is 29.0 Å². The summed E-state index contributed by atoms with van der Waals surface area (Å²) in [5, 5.41) is 3.27. The van der Waals surface area contributed by atoms with E-state index in [-0.39, 0.29) is 5.91 Å². The van der Waals surface area contributed by atoms with Crippen molar-refractivity contribution in [1.82, 2.24) is 9.80 Å². The molecule has 32 heavy (non-hydrogen) atoms. The summed E-state index contributed by atoms with van der Waals surface area (Å²) in [6, 6.07) is 14.3. The quantitative estimate of drug-likeness (QED) is 0.593. The van der Waals surface area contributed by atoms with Gasteiger partial charge in [0.15, 0.2) is 0 Å². The van der Waals surface area contributed by atoms with Crippen LogP contribution in [0, 0.1) is 5.92 Å². The average molecular weight is 462 g/mol. The molecule has 0 spiro atoms. The molecule has 2 aliphatic heterocycles. The second-order valence-electron chi connectivity index (χ2n) is 8.22. The van der Waals surface area contributed by atoms with E-state index in [2.05, 4.69) is 10.2 Å². The van der Waals surface area contributed by atoms with Gasteiger partial charge in [-0.25, -0.2) is 0 Å². The Kier molecular flexibility index (Phi) is 8.00. The van der Waals surface area contributed by atoms with E-state index in [0.717, 1.165) is 70.2 Å². The lowest BCUT2D eigenvalue weighted by molar-refractivity contribution is 0.0243. The summed E-state index contributed by atoms with van der Waals surface area (Å²) >= 11 is 0.520. The predicted octanol–water partition coefficient (Wildman–Crippen LogP) is 4.93. The van der Waals surface area contributed by atoms with Gasteiger partial charge in [-0.1, -0.05) is 23.9 Å². The van der Waals surface area contributed by atoms with Crippen molar-refractivity contribution in [2.75, 3.05) is 51.3 Å². The molecule has 0 saturated carbocycles. The minimum atomic E-state index is -2.44. The molecule has 2 fully saturated rings. The van der Waals surface area contributed by atoms with Gasteiger partial charge in [0.1, 0.15) is 0 Å². The van der Waals surface area contributed by atoms with Crippen LogP contribution in [0.5, 0.6) is 0 Å². The van der Waals surface area contributed by atoms with Crippen LogP contribution in [-0.2, 0) is 4.74 Å². The summed E-state index contributed by atoms with van der Waals surface area (Å²) in [4.78, 5) is 18.2. The zero-order chi connectivity index (χ0) is 22.3. The maximum absolute atomic E-state index is 13.3. The minimum Gasteiger partial charge on any atom is -0.379 e. The molecule has 0 bridgehead atoms. The number of carbonyl (C=O) groups is 1. The molecular weight excluding hydrogens is 432 g/mol. The first-order valence-electron chi connectivity index (χ1n) is 11.1. The van der Waals surface area contributed by atoms with Crippen LogP contribution in [0.2, 0.25) is 0 Å².